The zero-order valence-electron chi connectivity index (χ0n) is 10.0. The Labute approximate surface area is 105 Å². The predicted molar refractivity (Wildman–Crippen MR) is 66.2 cm³/mol. The van der Waals surface area contributed by atoms with Crippen molar-refractivity contribution in [2.24, 2.45) is 0 Å². The number of aryl methyl sites for hydroxylation is 1. The summed E-state index contributed by atoms with van der Waals surface area (Å²) in [4.78, 5) is 0. The van der Waals surface area contributed by atoms with Crippen molar-refractivity contribution >= 4 is 0 Å². The molecule has 0 heterocycles. The molecular formula is C15H14F2O. The van der Waals surface area contributed by atoms with Crippen LogP contribution in [0.25, 0.3) is 0 Å². The third-order valence-corrected chi connectivity index (χ3v) is 2.96. The van der Waals surface area contributed by atoms with Crippen LogP contribution in [0.15, 0.2) is 42.5 Å². The fraction of sp³-hybridized carbons (Fsp3) is 0.200. The largest absolute Gasteiger partial charge is 0.384 e. The molecule has 0 saturated heterocycles. The molecule has 0 aliphatic heterocycles. The van der Waals surface area contributed by atoms with Crippen LogP contribution in [-0.2, 0) is 6.42 Å². The van der Waals surface area contributed by atoms with E-state index in [0.29, 0.717) is 5.56 Å². The molecule has 0 spiro atoms. The van der Waals surface area contributed by atoms with E-state index in [4.69, 9.17) is 0 Å². The zero-order valence-corrected chi connectivity index (χ0v) is 10.0. The number of aliphatic hydroxyl groups excluding tert-OH is 1. The first-order valence-electron chi connectivity index (χ1n) is 5.83. The molecule has 0 radical (unpaired) electrons. The van der Waals surface area contributed by atoms with Crippen molar-refractivity contribution in [1.82, 2.24) is 0 Å². The summed E-state index contributed by atoms with van der Waals surface area (Å²) < 4.78 is 26.3. The summed E-state index contributed by atoms with van der Waals surface area (Å²) in [7, 11) is 0. The van der Waals surface area contributed by atoms with Crippen molar-refractivity contribution in [3.05, 3.63) is 70.8 Å². The Morgan fingerprint density at radius 2 is 1.72 bits per heavy atom. The standard InChI is InChI=1S/C15H14F2O/c1-2-10-3-5-11(6-4-10)15(18)13-8-7-12(16)9-14(13)17/h3-9,15,18H,2H2,1H3. The summed E-state index contributed by atoms with van der Waals surface area (Å²) in [6.45, 7) is 2.03. The van der Waals surface area contributed by atoms with Crippen molar-refractivity contribution in [2.45, 2.75) is 19.4 Å². The number of benzene rings is 2. The molecule has 0 aromatic heterocycles. The molecule has 0 saturated carbocycles. The molecular weight excluding hydrogens is 234 g/mol. The van der Waals surface area contributed by atoms with E-state index in [0.717, 1.165) is 24.1 Å². The second-order valence-electron chi connectivity index (χ2n) is 4.16. The monoisotopic (exact) mass is 248 g/mol. The highest BCUT2D eigenvalue weighted by Crippen LogP contribution is 2.25. The molecule has 0 aliphatic carbocycles. The van der Waals surface area contributed by atoms with Crippen molar-refractivity contribution in [3.63, 3.8) is 0 Å². The summed E-state index contributed by atoms with van der Waals surface area (Å²) in [6.07, 6.45) is -0.169. The lowest BCUT2D eigenvalue weighted by atomic mass is 9.99. The number of hydrogen-bond acceptors (Lipinski definition) is 1. The van der Waals surface area contributed by atoms with Crippen LogP contribution in [0.3, 0.4) is 0 Å². The van der Waals surface area contributed by atoms with E-state index in [1.807, 2.05) is 19.1 Å². The molecule has 1 N–H and O–H groups in total. The fourth-order valence-corrected chi connectivity index (χ4v) is 1.84. The van der Waals surface area contributed by atoms with Gasteiger partial charge in [0.15, 0.2) is 0 Å². The number of rotatable bonds is 3. The summed E-state index contributed by atoms with van der Waals surface area (Å²) >= 11 is 0. The average molecular weight is 248 g/mol. The van der Waals surface area contributed by atoms with Gasteiger partial charge in [0.05, 0.1) is 0 Å². The summed E-state index contributed by atoms with van der Waals surface area (Å²) in [6, 6.07) is 10.5. The molecule has 3 heteroatoms. The van der Waals surface area contributed by atoms with Crippen LogP contribution in [0.5, 0.6) is 0 Å². The molecule has 0 bridgehead atoms. The van der Waals surface area contributed by atoms with Gasteiger partial charge in [-0.2, -0.15) is 0 Å². The maximum absolute atomic E-state index is 13.5. The van der Waals surface area contributed by atoms with Crippen LogP contribution in [-0.4, -0.2) is 5.11 Å². The SMILES string of the molecule is CCc1ccc(C(O)c2ccc(F)cc2F)cc1. The Kier molecular flexibility index (Phi) is 3.72. The average Bonchev–Trinajstić information content (AvgIpc) is 2.38. The first-order valence-corrected chi connectivity index (χ1v) is 5.83. The normalized spacial score (nSPS) is 12.4. The number of hydrogen-bond donors (Lipinski definition) is 1. The Balaban J connectivity index is 2.31. The van der Waals surface area contributed by atoms with E-state index in [1.165, 1.54) is 6.07 Å². The molecule has 1 unspecified atom stereocenters. The third kappa shape index (κ3) is 2.57. The van der Waals surface area contributed by atoms with Gasteiger partial charge in [0.2, 0.25) is 0 Å². The van der Waals surface area contributed by atoms with E-state index in [1.54, 1.807) is 12.1 Å². The second kappa shape index (κ2) is 5.27. The molecule has 1 nitrogen and oxygen atoms in total. The fourth-order valence-electron chi connectivity index (χ4n) is 1.84. The second-order valence-corrected chi connectivity index (χ2v) is 4.16. The van der Waals surface area contributed by atoms with Crippen LogP contribution < -0.4 is 0 Å². The lowest BCUT2D eigenvalue weighted by Gasteiger charge is -2.13. The highest BCUT2D eigenvalue weighted by molar-refractivity contribution is 5.32. The van der Waals surface area contributed by atoms with Crippen LogP contribution in [0.4, 0.5) is 8.78 Å². The molecule has 94 valence electrons. The van der Waals surface area contributed by atoms with E-state index < -0.39 is 17.7 Å². The van der Waals surface area contributed by atoms with Crippen molar-refractivity contribution in [2.75, 3.05) is 0 Å². The van der Waals surface area contributed by atoms with Gasteiger partial charge < -0.3 is 5.11 Å². The van der Waals surface area contributed by atoms with Gasteiger partial charge >= 0.3 is 0 Å². The highest BCUT2D eigenvalue weighted by atomic mass is 19.1. The quantitative estimate of drug-likeness (QED) is 0.879. The molecule has 2 aromatic carbocycles. The molecule has 18 heavy (non-hydrogen) atoms. The highest BCUT2D eigenvalue weighted by Gasteiger charge is 2.15. The first kappa shape index (κ1) is 12.7. The Morgan fingerprint density at radius 3 is 2.28 bits per heavy atom. The minimum absolute atomic E-state index is 0.0839. The van der Waals surface area contributed by atoms with Crippen molar-refractivity contribution in [1.29, 1.82) is 0 Å². The summed E-state index contributed by atoms with van der Waals surface area (Å²) in [5.74, 6) is -1.38. The summed E-state index contributed by atoms with van der Waals surface area (Å²) in [5, 5.41) is 10.1. The molecule has 0 amide bonds. The zero-order chi connectivity index (χ0) is 13.1. The number of halogens is 2. The molecule has 0 fully saturated rings. The van der Waals surface area contributed by atoms with Crippen LogP contribution >= 0.6 is 0 Å². The minimum Gasteiger partial charge on any atom is -0.384 e. The Morgan fingerprint density at radius 1 is 1.06 bits per heavy atom. The van der Waals surface area contributed by atoms with Crippen molar-refractivity contribution < 1.29 is 13.9 Å². The van der Waals surface area contributed by atoms with E-state index in [-0.39, 0.29) is 5.56 Å². The van der Waals surface area contributed by atoms with Gasteiger partial charge in [-0.3, -0.25) is 0 Å². The van der Waals surface area contributed by atoms with E-state index in [9.17, 15) is 13.9 Å². The molecule has 1 atom stereocenters. The maximum atomic E-state index is 13.5. The molecule has 2 rings (SSSR count). The lowest BCUT2D eigenvalue weighted by molar-refractivity contribution is 0.214. The predicted octanol–water partition coefficient (Wildman–Crippen LogP) is 3.61. The minimum atomic E-state index is -1.07. The molecule has 2 aromatic rings. The molecule has 0 aliphatic rings. The van der Waals surface area contributed by atoms with Gasteiger partial charge in [-0.05, 0) is 23.6 Å². The van der Waals surface area contributed by atoms with Gasteiger partial charge in [-0.1, -0.05) is 37.3 Å². The maximum Gasteiger partial charge on any atom is 0.132 e. The lowest BCUT2D eigenvalue weighted by Crippen LogP contribution is -2.03. The van der Waals surface area contributed by atoms with Crippen molar-refractivity contribution in [3.8, 4) is 0 Å². The van der Waals surface area contributed by atoms with Gasteiger partial charge in [0, 0.05) is 11.6 Å². The van der Waals surface area contributed by atoms with Crippen LogP contribution in [0.2, 0.25) is 0 Å². The van der Waals surface area contributed by atoms with E-state index >= 15 is 0 Å². The van der Waals surface area contributed by atoms with Gasteiger partial charge in [-0.25, -0.2) is 8.78 Å². The first-order chi connectivity index (χ1) is 8.61. The third-order valence-electron chi connectivity index (χ3n) is 2.96. The van der Waals surface area contributed by atoms with Gasteiger partial charge in [-0.15, -0.1) is 0 Å². The Bertz CT molecular complexity index is 535. The topological polar surface area (TPSA) is 20.2 Å². The number of aliphatic hydroxyl groups is 1. The van der Waals surface area contributed by atoms with E-state index in [2.05, 4.69) is 0 Å². The van der Waals surface area contributed by atoms with Gasteiger partial charge in [0.25, 0.3) is 0 Å². The summed E-state index contributed by atoms with van der Waals surface area (Å²) in [5.41, 5.74) is 1.82. The van der Waals surface area contributed by atoms with Gasteiger partial charge in [0.1, 0.15) is 17.7 Å². The van der Waals surface area contributed by atoms with Crippen LogP contribution in [0, 0.1) is 11.6 Å². The smallest absolute Gasteiger partial charge is 0.132 e. The Hall–Kier alpha value is -1.74. The van der Waals surface area contributed by atoms with Crippen LogP contribution in [0.1, 0.15) is 29.7 Å².